The molecule has 146 valence electrons. The van der Waals surface area contributed by atoms with E-state index in [1.54, 1.807) is 7.11 Å². The van der Waals surface area contributed by atoms with Crippen LogP contribution < -0.4 is 10.1 Å². The number of nitrogens with zero attached hydrogens (tertiary/aromatic N) is 2. The molecule has 1 spiro atoms. The molecule has 6 nitrogen and oxygen atoms in total. The van der Waals surface area contributed by atoms with Crippen LogP contribution in [0, 0.1) is 11.3 Å². The van der Waals surface area contributed by atoms with Crippen molar-refractivity contribution < 1.29 is 14.3 Å². The van der Waals surface area contributed by atoms with Gasteiger partial charge in [0, 0.05) is 38.0 Å². The van der Waals surface area contributed by atoms with Gasteiger partial charge >= 0.3 is 6.03 Å². The van der Waals surface area contributed by atoms with Crippen molar-refractivity contribution in [1.29, 1.82) is 0 Å². The van der Waals surface area contributed by atoms with Crippen LogP contribution in [0.2, 0.25) is 0 Å². The minimum absolute atomic E-state index is 0.0547. The zero-order valence-electron chi connectivity index (χ0n) is 16.1. The number of urea groups is 1. The molecular weight excluding hydrogens is 342 g/mol. The summed E-state index contributed by atoms with van der Waals surface area (Å²) in [5.74, 6) is 1.66. The second-order valence-electron chi connectivity index (χ2n) is 8.37. The molecule has 1 N–H and O–H groups in total. The maximum Gasteiger partial charge on any atom is 0.321 e. The molecule has 2 aliphatic heterocycles. The molecule has 27 heavy (non-hydrogen) atoms. The van der Waals surface area contributed by atoms with Crippen LogP contribution in [0.3, 0.4) is 0 Å². The van der Waals surface area contributed by atoms with Crippen molar-refractivity contribution in [3.8, 4) is 5.75 Å². The minimum atomic E-state index is -0.0794. The van der Waals surface area contributed by atoms with Gasteiger partial charge in [0.05, 0.1) is 12.8 Å². The zero-order valence-corrected chi connectivity index (χ0v) is 16.1. The van der Waals surface area contributed by atoms with E-state index >= 15 is 0 Å². The minimum Gasteiger partial charge on any atom is -0.495 e. The van der Waals surface area contributed by atoms with Gasteiger partial charge in [-0.3, -0.25) is 4.79 Å². The summed E-state index contributed by atoms with van der Waals surface area (Å²) >= 11 is 0. The predicted molar refractivity (Wildman–Crippen MR) is 104 cm³/mol. The molecule has 0 aromatic heterocycles. The van der Waals surface area contributed by atoms with Crippen molar-refractivity contribution >= 4 is 17.6 Å². The SMILES string of the molecule is COc1ccccc1NC(=O)N1CCCC2(CCC(=O)N(CC3CC3)C2)C1. The first-order valence-corrected chi connectivity index (χ1v) is 10.1. The van der Waals surface area contributed by atoms with Crippen LogP contribution in [-0.2, 0) is 4.79 Å². The van der Waals surface area contributed by atoms with E-state index in [-0.39, 0.29) is 11.4 Å². The Morgan fingerprint density at radius 3 is 2.85 bits per heavy atom. The summed E-state index contributed by atoms with van der Waals surface area (Å²) in [6, 6.07) is 7.39. The molecule has 3 amide bonds. The van der Waals surface area contributed by atoms with E-state index in [1.165, 1.54) is 12.8 Å². The summed E-state index contributed by atoms with van der Waals surface area (Å²) in [7, 11) is 1.61. The molecule has 3 fully saturated rings. The zero-order chi connectivity index (χ0) is 18.9. The smallest absolute Gasteiger partial charge is 0.321 e. The lowest BCUT2D eigenvalue weighted by Gasteiger charge is -2.48. The third-order valence-corrected chi connectivity index (χ3v) is 6.22. The first-order chi connectivity index (χ1) is 13.1. The second-order valence-corrected chi connectivity index (χ2v) is 8.37. The lowest BCUT2D eigenvalue weighted by Crippen LogP contribution is -2.56. The van der Waals surface area contributed by atoms with Gasteiger partial charge in [0.1, 0.15) is 5.75 Å². The number of carbonyl (C=O) groups excluding carboxylic acids is 2. The van der Waals surface area contributed by atoms with Gasteiger partial charge in [0.2, 0.25) is 5.91 Å². The number of para-hydroxylation sites is 2. The molecule has 4 rings (SSSR count). The van der Waals surface area contributed by atoms with Crippen molar-refractivity contribution in [2.24, 2.45) is 11.3 Å². The first-order valence-electron chi connectivity index (χ1n) is 10.1. The van der Waals surface area contributed by atoms with E-state index in [0.29, 0.717) is 29.7 Å². The largest absolute Gasteiger partial charge is 0.495 e. The van der Waals surface area contributed by atoms with E-state index in [4.69, 9.17) is 4.74 Å². The summed E-state index contributed by atoms with van der Waals surface area (Å²) in [6.45, 7) is 3.20. The Labute approximate surface area is 160 Å². The highest BCUT2D eigenvalue weighted by atomic mass is 16.5. The second kappa shape index (κ2) is 7.41. The lowest BCUT2D eigenvalue weighted by molar-refractivity contribution is -0.139. The molecule has 3 aliphatic rings. The monoisotopic (exact) mass is 371 g/mol. The number of rotatable bonds is 4. The molecule has 1 aliphatic carbocycles. The summed E-state index contributed by atoms with van der Waals surface area (Å²) in [5, 5.41) is 3.00. The number of anilines is 1. The van der Waals surface area contributed by atoms with Crippen LogP contribution in [0.4, 0.5) is 10.5 Å². The number of benzene rings is 1. The van der Waals surface area contributed by atoms with Crippen LogP contribution in [0.15, 0.2) is 24.3 Å². The lowest BCUT2D eigenvalue weighted by atomic mass is 9.73. The van der Waals surface area contributed by atoms with E-state index in [2.05, 4.69) is 10.2 Å². The standard InChI is InChI=1S/C21H29N3O3/c1-27-18-6-3-2-5-17(18)22-20(26)23-12-4-10-21(14-23)11-9-19(25)24(15-21)13-16-7-8-16/h2-3,5-6,16H,4,7-15H2,1H3,(H,22,26). The Morgan fingerprint density at radius 1 is 1.26 bits per heavy atom. The van der Waals surface area contributed by atoms with Gasteiger partial charge in [-0.25, -0.2) is 4.79 Å². The van der Waals surface area contributed by atoms with Gasteiger partial charge < -0.3 is 19.9 Å². The van der Waals surface area contributed by atoms with Crippen LogP contribution in [0.5, 0.6) is 5.75 Å². The molecule has 1 saturated carbocycles. The van der Waals surface area contributed by atoms with Crippen LogP contribution >= 0.6 is 0 Å². The van der Waals surface area contributed by atoms with Gasteiger partial charge in [-0.2, -0.15) is 0 Å². The summed E-state index contributed by atoms with van der Waals surface area (Å²) in [6.07, 6.45) is 6.11. The highest BCUT2D eigenvalue weighted by Gasteiger charge is 2.43. The molecule has 0 radical (unpaired) electrons. The number of carbonyl (C=O) groups is 2. The van der Waals surface area contributed by atoms with E-state index in [0.717, 1.165) is 45.4 Å². The molecule has 1 aromatic rings. The molecular formula is C21H29N3O3. The quantitative estimate of drug-likeness (QED) is 0.883. The van der Waals surface area contributed by atoms with Gasteiger partial charge in [0.15, 0.2) is 0 Å². The number of hydrogen-bond donors (Lipinski definition) is 1. The van der Waals surface area contributed by atoms with Crippen LogP contribution in [0.25, 0.3) is 0 Å². The van der Waals surface area contributed by atoms with Gasteiger partial charge in [-0.1, -0.05) is 12.1 Å². The Hall–Kier alpha value is -2.24. The number of methoxy groups -OCH3 is 1. The Bertz CT molecular complexity index is 718. The van der Waals surface area contributed by atoms with Crippen LogP contribution in [0.1, 0.15) is 38.5 Å². The van der Waals surface area contributed by atoms with Crippen molar-refractivity contribution in [3.63, 3.8) is 0 Å². The Balaban J connectivity index is 1.42. The molecule has 2 heterocycles. The normalized spacial score (nSPS) is 25.6. The molecule has 1 unspecified atom stereocenters. The number of amides is 3. The molecule has 6 heteroatoms. The number of ether oxygens (including phenoxy) is 1. The Morgan fingerprint density at radius 2 is 2.07 bits per heavy atom. The fourth-order valence-electron chi connectivity index (χ4n) is 4.54. The molecule has 1 atom stereocenters. The average Bonchev–Trinajstić information content (AvgIpc) is 3.49. The number of hydrogen-bond acceptors (Lipinski definition) is 3. The number of nitrogens with one attached hydrogen (secondary N) is 1. The highest BCUT2D eigenvalue weighted by Crippen LogP contribution is 2.41. The number of likely N-dealkylation sites (tertiary alicyclic amines) is 2. The fraction of sp³-hybridized carbons (Fsp3) is 0.619. The van der Waals surface area contributed by atoms with Crippen molar-refractivity contribution in [1.82, 2.24) is 9.80 Å². The third kappa shape index (κ3) is 4.04. The average molecular weight is 371 g/mol. The van der Waals surface area contributed by atoms with Crippen molar-refractivity contribution in [2.75, 3.05) is 38.6 Å². The number of piperidine rings is 2. The summed E-state index contributed by atoms with van der Waals surface area (Å²) in [4.78, 5) is 29.2. The highest BCUT2D eigenvalue weighted by molar-refractivity contribution is 5.91. The third-order valence-electron chi connectivity index (χ3n) is 6.22. The van der Waals surface area contributed by atoms with E-state index in [1.807, 2.05) is 29.2 Å². The maximum atomic E-state index is 12.9. The topological polar surface area (TPSA) is 61.9 Å². The molecule has 0 bridgehead atoms. The Kier molecular flexibility index (Phi) is 4.98. The molecule has 2 saturated heterocycles. The first kappa shape index (κ1) is 18.1. The fourth-order valence-corrected chi connectivity index (χ4v) is 4.54. The van der Waals surface area contributed by atoms with Crippen LogP contribution in [-0.4, -0.2) is 55.0 Å². The summed E-state index contributed by atoms with van der Waals surface area (Å²) < 4.78 is 5.33. The van der Waals surface area contributed by atoms with Crippen molar-refractivity contribution in [3.05, 3.63) is 24.3 Å². The summed E-state index contributed by atoms with van der Waals surface area (Å²) in [5.41, 5.74) is 0.748. The van der Waals surface area contributed by atoms with Crippen molar-refractivity contribution in [2.45, 2.75) is 38.5 Å². The van der Waals surface area contributed by atoms with Gasteiger partial charge in [-0.05, 0) is 50.2 Å². The van der Waals surface area contributed by atoms with Gasteiger partial charge in [-0.15, -0.1) is 0 Å². The van der Waals surface area contributed by atoms with E-state index in [9.17, 15) is 9.59 Å². The maximum absolute atomic E-state index is 12.9. The van der Waals surface area contributed by atoms with Gasteiger partial charge in [0.25, 0.3) is 0 Å². The molecule has 1 aromatic carbocycles. The van der Waals surface area contributed by atoms with E-state index < -0.39 is 0 Å². The predicted octanol–water partition coefficient (Wildman–Crippen LogP) is 3.34.